The third kappa shape index (κ3) is 5.63. The highest BCUT2D eigenvalue weighted by Crippen LogP contribution is 2.45. The SMILES string of the molecule is CC(C)=O.CCC1c2ccccc2-c2ccccc21.CCCCC. The van der Waals surface area contributed by atoms with Crippen molar-refractivity contribution in [1.29, 1.82) is 0 Å². The largest absolute Gasteiger partial charge is 0.300 e. The van der Waals surface area contributed by atoms with E-state index in [1.807, 2.05) is 0 Å². The second kappa shape index (κ2) is 10.8. The molecule has 0 amide bonds. The molecule has 0 unspecified atom stereocenters. The fourth-order valence-corrected chi connectivity index (χ4v) is 3.05. The molecule has 2 aromatic rings. The molecule has 0 aliphatic heterocycles. The van der Waals surface area contributed by atoms with Gasteiger partial charge in [0.05, 0.1) is 0 Å². The molecule has 1 aliphatic rings. The van der Waals surface area contributed by atoms with E-state index >= 15 is 0 Å². The first kappa shape index (κ1) is 20.2. The van der Waals surface area contributed by atoms with Crippen molar-refractivity contribution in [3.05, 3.63) is 59.7 Å². The summed E-state index contributed by atoms with van der Waals surface area (Å²) in [6.45, 7) is 9.75. The molecule has 24 heavy (non-hydrogen) atoms. The van der Waals surface area contributed by atoms with Gasteiger partial charge in [-0.2, -0.15) is 0 Å². The molecule has 0 aromatic heterocycles. The Balaban J connectivity index is 0.000000270. The van der Waals surface area contributed by atoms with Gasteiger partial charge in [0, 0.05) is 5.92 Å². The van der Waals surface area contributed by atoms with Gasteiger partial charge in [-0.15, -0.1) is 0 Å². The van der Waals surface area contributed by atoms with Gasteiger partial charge in [0.25, 0.3) is 0 Å². The lowest BCUT2D eigenvalue weighted by molar-refractivity contribution is -0.114. The van der Waals surface area contributed by atoms with Crippen molar-refractivity contribution in [3.8, 4) is 11.1 Å². The molecule has 0 N–H and O–H groups in total. The number of carbonyl (C=O) groups is 1. The molecule has 1 aliphatic carbocycles. The minimum atomic E-state index is 0.167. The van der Waals surface area contributed by atoms with Gasteiger partial charge in [-0.05, 0) is 42.5 Å². The zero-order valence-corrected chi connectivity index (χ0v) is 15.9. The zero-order valence-electron chi connectivity index (χ0n) is 15.9. The van der Waals surface area contributed by atoms with Crippen molar-refractivity contribution in [2.75, 3.05) is 0 Å². The van der Waals surface area contributed by atoms with E-state index < -0.39 is 0 Å². The number of Topliss-reactive ketones (excluding diaryl/α,β-unsaturated/α-hetero) is 1. The van der Waals surface area contributed by atoms with Gasteiger partial charge < -0.3 is 4.79 Å². The third-order valence-corrected chi connectivity index (χ3v) is 4.08. The minimum Gasteiger partial charge on any atom is -0.300 e. The topological polar surface area (TPSA) is 17.1 Å². The molecule has 3 rings (SSSR count). The van der Waals surface area contributed by atoms with E-state index in [0.29, 0.717) is 5.92 Å². The van der Waals surface area contributed by atoms with Crippen LogP contribution in [-0.4, -0.2) is 5.78 Å². The Bertz CT molecular complexity index is 576. The first-order valence-electron chi connectivity index (χ1n) is 9.22. The molecule has 0 bridgehead atoms. The Morgan fingerprint density at radius 2 is 1.17 bits per heavy atom. The van der Waals surface area contributed by atoms with Crippen molar-refractivity contribution in [1.82, 2.24) is 0 Å². The van der Waals surface area contributed by atoms with Crippen molar-refractivity contribution < 1.29 is 4.79 Å². The van der Waals surface area contributed by atoms with Gasteiger partial charge in [0.2, 0.25) is 0 Å². The van der Waals surface area contributed by atoms with Crippen molar-refractivity contribution in [2.24, 2.45) is 0 Å². The van der Waals surface area contributed by atoms with Gasteiger partial charge in [-0.3, -0.25) is 0 Å². The van der Waals surface area contributed by atoms with Crippen LogP contribution in [-0.2, 0) is 4.79 Å². The van der Waals surface area contributed by atoms with Crippen LogP contribution in [0.2, 0.25) is 0 Å². The summed E-state index contributed by atoms with van der Waals surface area (Å²) in [5, 5.41) is 0. The molecule has 130 valence electrons. The summed E-state index contributed by atoms with van der Waals surface area (Å²) >= 11 is 0. The van der Waals surface area contributed by atoms with Gasteiger partial charge in [-0.1, -0.05) is 88.6 Å². The normalized spacial score (nSPS) is 11.4. The highest BCUT2D eigenvalue weighted by molar-refractivity contribution is 5.78. The Kier molecular flexibility index (Phi) is 9.07. The van der Waals surface area contributed by atoms with Crippen LogP contribution in [0, 0.1) is 0 Å². The Morgan fingerprint density at radius 1 is 0.792 bits per heavy atom. The summed E-state index contributed by atoms with van der Waals surface area (Å²) in [6, 6.07) is 17.6. The second-order valence-electron chi connectivity index (χ2n) is 6.40. The molecule has 0 fully saturated rings. The first-order chi connectivity index (χ1) is 11.6. The van der Waals surface area contributed by atoms with Crippen molar-refractivity contribution in [3.63, 3.8) is 0 Å². The van der Waals surface area contributed by atoms with Crippen LogP contribution in [0.25, 0.3) is 11.1 Å². The molecule has 0 radical (unpaired) electrons. The maximum atomic E-state index is 9.44. The molecular formula is C23H32O. The molecule has 1 heteroatoms. The van der Waals surface area contributed by atoms with Gasteiger partial charge in [-0.25, -0.2) is 0 Å². The highest BCUT2D eigenvalue weighted by atomic mass is 16.1. The minimum absolute atomic E-state index is 0.167. The van der Waals surface area contributed by atoms with E-state index in [4.69, 9.17) is 0 Å². The monoisotopic (exact) mass is 324 g/mol. The Labute approximate surface area is 148 Å². The van der Waals surface area contributed by atoms with Gasteiger partial charge >= 0.3 is 0 Å². The maximum absolute atomic E-state index is 9.44. The van der Waals surface area contributed by atoms with Crippen LogP contribution in [0.5, 0.6) is 0 Å². The molecule has 0 atom stereocenters. The standard InChI is InChI=1S/C15H14.C5H12.C3H6O/c1-2-11-12-7-3-5-9-14(12)15-10-6-4-8-13(11)15;1-3-5-4-2;1-3(2)4/h3-11H,2H2,1H3;3-5H2,1-2H3;1-2H3. The molecule has 0 saturated carbocycles. The molecule has 2 aromatic carbocycles. The molecule has 0 saturated heterocycles. The second-order valence-corrected chi connectivity index (χ2v) is 6.40. The van der Waals surface area contributed by atoms with Crippen LogP contribution in [0.4, 0.5) is 0 Å². The van der Waals surface area contributed by atoms with E-state index in [2.05, 4.69) is 69.3 Å². The van der Waals surface area contributed by atoms with E-state index in [1.165, 1.54) is 61.8 Å². The van der Waals surface area contributed by atoms with Crippen molar-refractivity contribution >= 4 is 5.78 Å². The first-order valence-corrected chi connectivity index (χ1v) is 9.22. The fourth-order valence-electron chi connectivity index (χ4n) is 3.05. The zero-order chi connectivity index (χ0) is 17.9. The van der Waals surface area contributed by atoms with Crippen LogP contribution < -0.4 is 0 Å². The number of hydrogen-bond donors (Lipinski definition) is 0. The van der Waals surface area contributed by atoms with E-state index in [-0.39, 0.29) is 5.78 Å². The third-order valence-electron chi connectivity index (χ3n) is 4.08. The van der Waals surface area contributed by atoms with Crippen LogP contribution in [0.1, 0.15) is 77.3 Å². The Hall–Kier alpha value is -1.89. The van der Waals surface area contributed by atoms with Gasteiger partial charge in [0.15, 0.2) is 0 Å². The summed E-state index contributed by atoms with van der Waals surface area (Å²) in [6.07, 6.45) is 5.26. The summed E-state index contributed by atoms with van der Waals surface area (Å²) < 4.78 is 0. The summed E-state index contributed by atoms with van der Waals surface area (Å²) in [4.78, 5) is 9.44. The van der Waals surface area contributed by atoms with E-state index in [0.717, 1.165) is 0 Å². The molecule has 1 nitrogen and oxygen atoms in total. The Morgan fingerprint density at radius 3 is 1.46 bits per heavy atom. The summed E-state index contributed by atoms with van der Waals surface area (Å²) in [5.74, 6) is 0.775. The summed E-state index contributed by atoms with van der Waals surface area (Å²) in [5.41, 5.74) is 5.86. The lowest BCUT2D eigenvalue weighted by Gasteiger charge is -2.09. The smallest absolute Gasteiger partial charge is 0.126 e. The number of benzene rings is 2. The number of hydrogen-bond acceptors (Lipinski definition) is 1. The van der Waals surface area contributed by atoms with Crippen molar-refractivity contribution in [2.45, 2.75) is 66.2 Å². The molecular weight excluding hydrogens is 292 g/mol. The quantitative estimate of drug-likeness (QED) is 0.594. The van der Waals surface area contributed by atoms with E-state index in [1.54, 1.807) is 0 Å². The number of carbonyl (C=O) groups excluding carboxylic acids is 1. The number of unbranched alkanes of at least 4 members (excludes halogenated alkanes) is 2. The summed E-state index contributed by atoms with van der Waals surface area (Å²) in [7, 11) is 0. The average molecular weight is 325 g/mol. The van der Waals surface area contributed by atoms with Gasteiger partial charge in [0.1, 0.15) is 5.78 Å². The lowest BCUT2D eigenvalue weighted by Crippen LogP contribution is -1.93. The predicted molar refractivity (Wildman–Crippen MR) is 106 cm³/mol. The average Bonchev–Trinajstić information content (AvgIpc) is 2.89. The molecule has 0 heterocycles. The maximum Gasteiger partial charge on any atom is 0.126 e. The predicted octanol–water partition coefficient (Wildman–Crippen LogP) is 7.00. The lowest BCUT2D eigenvalue weighted by atomic mass is 9.95. The van der Waals surface area contributed by atoms with E-state index in [9.17, 15) is 4.79 Å². The number of rotatable bonds is 3. The highest BCUT2D eigenvalue weighted by Gasteiger charge is 2.25. The number of ketones is 1. The number of fused-ring (bicyclic) bond motifs is 3. The van der Waals surface area contributed by atoms with Crippen LogP contribution in [0.15, 0.2) is 48.5 Å². The molecule has 0 spiro atoms. The van der Waals surface area contributed by atoms with Crippen LogP contribution >= 0.6 is 0 Å². The fraction of sp³-hybridized carbons (Fsp3) is 0.435. The van der Waals surface area contributed by atoms with Crippen LogP contribution in [0.3, 0.4) is 0 Å².